The molecule has 14 heavy (non-hydrogen) atoms. The fourth-order valence-corrected chi connectivity index (χ4v) is 1.73. The Hall–Kier alpha value is -0.890. The third kappa shape index (κ3) is 2.32. The maximum absolute atomic E-state index is 11.8. The lowest BCUT2D eigenvalue weighted by Crippen LogP contribution is -2.24. The predicted octanol–water partition coefficient (Wildman–Crippen LogP) is 2.21. The van der Waals surface area contributed by atoms with E-state index in [1.807, 2.05) is 13.0 Å². The van der Waals surface area contributed by atoms with Crippen LogP contribution >= 0.6 is 0 Å². The van der Waals surface area contributed by atoms with Crippen LogP contribution < -0.4 is 5.73 Å². The largest absolute Gasteiger partial charge is 0.330 e. The molecule has 0 fully saturated rings. The summed E-state index contributed by atoms with van der Waals surface area (Å²) in [6, 6.07) is 0. The number of hydrogen-bond acceptors (Lipinski definition) is 2. The van der Waals surface area contributed by atoms with Crippen molar-refractivity contribution in [2.75, 3.05) is 6.54 Å². The highest BCUT2D eigenvalue weighted by Crippen LogP contribution is 2.36. The van der Waals surface area contributed by atoms with Crippen LogP contribution in [-0.2, 0) is 4.79 Å². The molecular formula is C12H19NO. The molecule has 0 saturated heterocycles. The lowest BCUT2D eigenvalue weighted by molar-refractivity contribution is -0.116. The van der Waals surface area contributed by atoms with Crippen LogP contribution in [0, 0.1) is 5.41 Å². The molecule has 0 radical (unpaired) electrons. The molecule has 1 rings (SSSR count). The molecule has 0 saturated carbocycles. The number of nitrogens with two attached hydrogens (primary N) is 1. The highest BCUT2D eigenvalue weighted by Gasteiger charge is 2.28. The summed E-state index contributed by atoms with van der Waals surface area (Å²) in [5.74, 6) is 0.199. The molecule has 2 N–H and O–H groups in total. The van der Waals surface area contributed by atoms with E-state index in [0.717, 1.165) is 12.0 Å². The fourth-order valence-electron chi connectivity index (χ4n) is 1.73. The normalized spacial score (nSPS) is 20.0. The van der Waals surface area contributed by atoms with Crippen molar-refractivity contribution in [2.24, 2.45) is 11.1 Å². The molecule has 0 amide bonds. The molecule has 1 aliphatic carbocycles. The van der Waals surface area contributed by atoms with Crippen molar-refractivity contribution >= 4 is 5.78 Å². The van der Waals surface area contributed by atoms with Crippen molar-refractivity contribution < 1.29 is 4.79 Å². The number of allylic oxidation sites excluding steroid dienone is 4. The van der Waals surface area contributed by atoms with Gasteiger partial charge >= 0.3 is 0 Å². The molecule has 0 unspecified atom stereocenters. The summed E-state index contributed by atoms with van der Waals surface area (Å²) in [6.07, 6.45) is 5.59. The molecule has 0 aromatic rings. The number of carbonyl (C=O) groups excluding carboxylic acids is 1. The topological polar surface area (TPSA) is 43.1 Å². The first kappa shape index (κ1) is 11.2. The van der Waals surface area contributed by atoms with Crippen LogP contribution in [0.4, 0.5) is 0 Å². The van der Waals surface area contributed by atoms with E-state index in [4.69, 9.17) is 5.73 Å². The maximum Gasteiger partial charge on any atom is 0.160 e. The summed E-state index contributed by atoms with van der Waals surface area (Å²) in [4.78, 5) is 11.8. The smallest absolute Gasteiger partial charge is 0.160 e. The van der Waals surface area contributed by atoms with Gasteiger partial charge in [-0.3, -0.25) is 4.79 Å². The number of rotatable bonds is 3. The molecule has 78 valence electrons. The van der Waals surface area contributed by atoms with E-state index in [0.29, 0.717) is 13.0 Å². The Bertz CT molecular complexity index is 297. The molecule has 0 aromatic heterocycles. The minimum Gasteiger partial charge on any atom is -0.330 e. The van der Waals surface area contributed by atoms with Crippen LogP contribution in [0.5, 0.6) is 0 Å². The zero-order chi connectivity index (χ0) is 10.8. The van der Waals surface area contributed by atoms with E-state index in [-0.39, 0.29) is 11.2 Å². The quantitative estimate of drug-likeness (QED) is 0.746. The van der Waals surface area contributed by atoms with Gasteiger partial charge in [0.15, 0.2) is 5.78 Å². The average Bonchev–Trinajstić information content (AvgIpc) is 2.10. The average molecular weight is 193 g/mol. The molecule has 0 spiro atoms. The van der Waals surface area contributed by atoms with Gasteiger partial charge in [-0.05, 0) is 25.3 Å². The Labute approximate surface area is 85.9 Å². The molecule has 0 aliphatic heterocycles. The number of carbonyl (C=O) groups is 1. The van der Waals surface area contributed by atoms with Crippen molar-refractivity contribution in [1.29, 1.82) is 0 Å². The SMILES string of the molecule is CC1=CCC(C)(C)C(C(=O)CCN)=C1. The van der Waals surface area contributed by atoms with Crippen LogP contribution in [0.1, 0.15) is 33.6 Å². The third-order valence-electron chi connectivity index (χ3n) is 2.71. The molecule has 1 aliphatic rings. The van der Waals surface area contributed by atoms with E-state index in [1.165, 1.54) is 5.57 Å². The molecule has 0 aromatic carbocycles. The van der Waals surface area contributed by atoms with Crippen LogP contribution in [-0.4, -0.2) is 12.3 Å². The minimum absolute atomic E-state index is 0.0221. The minimum atomic E-state index is -0.0221. The zero-order valence-electron chi connectivity index (χ0n) is 9.26. The standard InChI is InChI=1S/C12H19NO/c1-9-4-6-12(2,3)10(8-9)11(14)5-7-13/h4,8H,5-7,13H2,1-3H3. The molecule has 2 heteroatoms. The molecule has 0 bridgehead atoms. The van der Waals surface area contributed by atoms with Crippen molar-refractivity contribution in [3.05, 3.63) is 23.3 Å². The summed E-state index contributed by atoms with van der Waals surface area (Å²) in [5.41, 5.74) is 7.49. The highest BCUT2D eigenvalue weighted by molar-refractivity contribution is 5.97. The van der Waals surface area contributed by atoms with E-state index >= 15 is 0 Å². The Morgan fingerprint density at radius 3 is 2.79 bits per heavy atom. The zero-order valence-corrected chi connectivity index (χ0v) is 9.26. The first-order valence-electron chi connectivity index (χ1n) is 5.09. The number of ketones is 1. The molecule has 0 heterocycles. The van der Waals surface area contributed by atoms with Gasteiger partial charge in [0.05, 0.1) is 0 Å². The monoisotopic (exact) mass is 193 g/mol. The van der Waals surface area contributed by atoms with Crippen LogP contribution in [0.15, 0.2) is 23.3 Å². The maximum atomic E-state index is 11.8. The Morgan fingerprint density at radius 2 is 2.21 bits per heavy atom. The van der Waals surface area contributed by atoms with Crippen LogP contribution in [0.3, 0.4) is 0 Å². The van der Waals surface area contributed by atoms with E-state index in [9.17, 15) is 4.79 Å². The highest BCUT2D eigenvalue weighted by atomic mass is 16.1. The van der Waals surface area contributed by atoms with Crippen LogP contribution in [0.2, 0.25) is 0 Å². The number of hydrogen-bond donors (Lipinski definition) is 1. The molecular weight excluding hydrogens is 174 g/mol. The summed E-state index contributed by atoms with van der Waals surface area (Å²) in [5, 5.41) is 0. The third-order valence-corrected chi connectivity index (χ3v) is 2.71. The van der Waals surface area contributed by atoms with Gasteiger partial charge in [-0.1, -0.05) is 31.6 Å². The van der Waals surface area contributed by atoms with Crippen molar-refractivity contribution in [3.63, 3.8) is 0 Å². The second-order valence-corrected chi connectivity index (χ2v) is 4.56. The van der Waals surface area contributed by atoms with Gasteiger partial charge < -0.3 is 5.73 Å². The van der Waals surface area contributed by atoms with E-state index < -0.39 is 0 Å². The van der Waals surface area contributed by atoms with Gasteiger partial charge in [-0.15, -0.1) is 0 Å². The van der Waals surface area contributed by atoms with Crippen molar-refractivity contribution in [1.82, 2.24) is 0 Å². The van der Waals surface area contributed by atoms with Gasteiger partial charge in [0.1, 0.15) is 0 Å². The van der Waals surface area contributed by atoms with E-state index in [2.05, 4.69) is 19.9 Å². The van der Waals surface area contributed by atoms with Gasteiger partial charge in [-0.25, -0.2) is 0 Å². The molecule has 0 atom stereocenters. The lowest BCUT2D eigenvalue weighted by Gasteiger charge is -2.29. The summed E-state index contributed by atoms with van der Waals surface area (Å²) >= 11 is 0. The van der Waals surface area contributed by atoms with Gasteiger partial charge in [0.2, 0.25) is 0 Å². The summed E-state index contributed by atoms with van der Waals surface area (Å²) in [7, 11) is 0. The van der Waals surface area contributed by atoms with Gasteiger partial charge in [0.25, 0.3) is 0 Å². The van der Waals surface area contributed by atoms with E-state index in [1.54, 1.807) is 0 Å². The first-order valence-corrected chi connectivity index (χ1v) is 5.09. The Balaban J connectivity index is 2.92. The fraction of sp³-hybridized carbons (Fsp3) is 0.583. The van der Waals surface area contributed by atoms with Gasteiger partial charge in [0, 0.05) is 12.0 Å². The summed E-state index contributed by atoms with van der Waals surface area (Å²) in [6.45, 7) is 6.69. The predicted molar refractivity (Wildman–Crippen MR) is 58.9 cm³/mol. The Kier molecular flexibility index (Phi) is 3.27. The first-order chi connectivity index (χ1) is 6.47. The van der Waals surface area contributed by atoms with Crippen molar-refractivity contribution in [2.45, 2.75) is 33.6 Å². The van der Waals surface area contributed by atoms with Crippen LogP contribution in [0.25, 0.3) is 0 Å². The lowest BCUT2D eigenvalue weighted by atomic mass is 9.74. The van der Waals surface area contributed by atoms with Crippen molar-refractivity contribution in [3.8, 4) is 0 Å². The Morgan fingerprint density at radius 1 is 1.57 bits per heavy atom. The number of Topliss-reactive ketones (excluding diaryl/α,β-unsaturated/α-hetero) is 1. The molecule has 2 nitrogen and oxygen atoms in total. The summed E-state index contributed by atoms with van der Waals surface area (Å²) < 4.78 is 0. The van der Waals surface area contributed by atoms with Gasteiger partial charge in [-0.2, -0.15) is 0 Å². The second-order valence-electron chi connectivity index (χ2n) is 4.56. The second kappa shape index (κ2) is 4.09.